The number of nitrogens with zero attached hydrogens (tertiary/aromatic N) is 4. The summed E-state index contributed by atoms with van der Waals surface area (Å²) < 4.78 is 27.6. The minimum Gasteiger partial charge on any atom is -0.756 e. The van der Waals surface area contributed by atoms with Crippen molar-refractivity contribution in [1.29, 1.82) is 0 Å². The Morgan fingerprint density at radius 2 is 2.18 bits per heavy atom. The third-order valence-electron chi connectivity index (χ3n) is 4.52. The number of thiazole rings is 1. The van der Waals surface area contributed by atoms with Gasteiger partial charge in [-0.3, -0.25) is 14.8 Å². The summed E-state index contributed by atoms with van der Waals surface area (Å²) in [6.07, 6.45) is 3.69. The summed E-state index contributed by atoms with van der Waals surface area (Å²) >= 11 is 1.57. The predicted molar refractivity (Wildman–Crippen MR) is 116 cm³/mol. The predicted octanol–water partition coefficient (Wildman–Crippen LogP) is 1.98. The Bertz CT molecular complexity index is 1290. The Hall–Kier alpha value is -3.15. The molecule has 13 heteroatoms. The van der Waals surface area contributed by atoms with E-state index < -0.39 is 14.6 Å². The summed E-state index contributed by atoms with van der Waals surface area (Å²) in [7, 11) is -4.88. The quantitative estimate of drug-likeness (QED) is 0.263. The van der Waals surface area contributed by atoms with Crippen LogP contribution >= 0.6 is 19.2 Å². The lowest BCUT2D eigenvalue weighted by Crippen LogP contribution is -2.38. The summed E-state index contributed by atoms with van der Waals surface area (Å²) in [6.45, 7) is 1.83. The van der Waals surface area contributed by atoms with Gasteiger partial charge in [-0.2, -0.15) is 0 Å². The molecule has 1 atom stereocenters. The second kappa shape index (κ2) is 9.77. The van der Waals surface area contributed by atoms with Gasteiger partial charge in [0.1, 0.15) is 12.2 Å². The first-order valence-corrected chi connectivity index (χ1v) is 12.1. The van der Waals surface area contributed by atoms with Gasteiger partial charge in [-0.15, -0.1) is 11.3 Å². The number of nitrogen functional groups attached to an aromatic ring is 1. The number of nitrogens with two attached hydrogens (primary N) is 1. The van der Waals surface area contributed by atoms with Gasteiger partial charge in [0.05, 0.1) is 22.6 Å². The van der Waals surface area contributed by atoms with Crippen molar-refractivity contribution in [3.63, 3.8) is 0 Å². The summed E-state index contributed by atoms with van der Waals surface area (Å²) in [5.41, 5.74) is 9.02. The molecule has 0 saturated carbocycles. The molecule has 0 aliphatic carbocycles. The second-order valence-electron chi connectivity index (χ2n) is 7.01. The van der Waals surface area contributed by atoms with E-state index in [4.69, 9.17) is 19.9 Å². The number of ether oxygens (including phenoxy) is 1. The molecule has 4 rings (SSSR count). The van der Waals surface area contributed by atoms with Crippen molar-refractivity contribution >= 4 is 25.0 Å². The Labute approximate surface area is 192 Å². The zero-order chi connectivity index (χ0) is 23.4. The van der Waals surface area contributed by atoms with Crippen LogP contribution < -0.4 is 19.9 Å². The number of hydrogen-bond donors (Lipinski definition) is 2. The first-order chi connectivity index (χ1) is 15.8. The van der Waals surface area contributed by atoms with Crippen LogP contribution in [0.3, 0.4) is 0 Å². The SMILES string of the molecule is Cc1nc(COc2ccc(Cc3cc(-c4ccc[n+](COP(=O)([O-])O)c4N)on3)cn2)cs1. The summed E-state index contributed by atoms with van der Waals surface area (Å²) in [6, 6.07) is 8.74. The van der Waals surface area contributed by atoms with Crippen LogP contribution in [0.5, 0.6) is 5.88 Å². The van der Waals surface area contributed by atoms with Gasteiger partial charge in [0.25, 0.3) is 13.6 Å². The average Bonchev–Trinajstić information content (AvgIpc) is 3.41. The highest BCUT2D eigenvalue weighted by Crippen LogP contribution is 2.30. The molecule has 172 valence electrons. The van der Waals surface area contributed by atoms with Crippen LogP contribution in [0.15, 0.2) is 52.6 Å². The highest BCUT2D eigenvalue weighted by atomic mass is 32.1. The standard InChI is InChI=1S/C20H20N5O6PS/c1-13-23-16(11-33-13)10-29-19-5-4-14(9-22-19)7-15-8-18(31-24-15)17-3-2-6-25(20(17)21)12-30-32(26,27)28/h2-6,8-9,11,21H,7,10,12H2,1H3,(H2,26,27,28). The second-order valence-corrected chi connectivity index (χ2v) is 9.27. The molecule has 0 spiro atoms. The van der Waals surface area contributed by atoms with Crippen molar-refractivity contribution in [1.82, 2.24) is 15.1 Å². The first-order valence-electron chi connectivity index (χ1n) is 9.68. The van der Waals surface area contributed by atoms with Crippen LogP contribution in [0.4, 0.5) is 5.82 Å². The van der Waals surface area contributed by atoms with E-state index in [9.17, 15) is 9.46 Å². The van der Waals surface area contributed by atoms with Crippen molar-refractivity contribution in [2.24, 2.45) is 0 Å². The molecule has 0 amide bonds. The van der Waals surface area contributed by atoms with Gasteiger partial charge in [-0.1, -0.05) is 11.2 Å². The van der Waals surface area contributed by atoms with Crippen molar-refractivity contribution < 1.29 is 32.7 Å². The molecule has 0 saturated heterocycles. The number of pyridine rings is 2. The minimum atomic E-state index is -4.88. The lowest BCUT2D eigenvalue weighted by molar-refractivity contribution is -0.712. The number of rotatable bonds is 9. The van der Waals surface area contributed by atoms with Gasteiger partial charge in [-0.25, -0.2) is 14.5 Å². The van der Waals surface area contributed by atoms with Gasteiger partial charge in [0.15, 0.2) is 12.5 Å². The Kier molecular flexibility index (Phi) is 6.82. The number of anilines is 1. The molecule has 33 heavy (non-hydrogen) atoms. The molecule has 0 radical (unpaired) electrons. The van der Waals surface area contributed by atoms with Gasteiger partial charge >= 0.3 is 0 Å². The maximum atomic E-state index is 10.8. The number of aryl methyl sites for hydroxylation is 1. The van der Waals surface area contributed by atoms with Crippen LogP contribution in [-0.4, -0.2) is 20.0 Å². The van der Waals surface area contributed by atoms with E-state index in [0.717, 1.165) is 16.3 Å². The van der Waals surface area contributed by atoms with E-state index >= 15 is 0 Å². The highest BCUT2D eigenvalue weighted by molar-refractivity contribution is 7.44. The molecule has 0 aromatic carbocycles. The topological polar surface area (TPSA) is 161 Å². The summed E-state index contributed by atoms with van der Waals surface area (Å²) in [5.74, 6) is 1.09. The molecule has 3 N–H and O–H groups in total. The number of hydrogen-bond acceptors (Lipinski definition) is 10. The van der Waals surface area contributed by atoms with Crippen LogP contribution in [-0.2, 0) is 28.8 Å². The Morgan fingerprint density at radius 1 is 1.33 bits per heavy atom. The van der Waals surface area contributed by atoms with E-state index in [1.165, 1.54) is 10.8 Å². The lowest BCUT2D eigenvalue weighted by Gasteiger charge is -2.14. The van der Waals surface area contributed by atoms with E-state index in [0.29, 0.717) is 35.9 Å². The molecule has 0 aliphatic heterocycles. The van der Waals surface area contributed by atoms with Crippen LogP contribution in [0.25, 0.3) is 11.3 Å². The molecule has 4 heterocycles. The largest absolute Gasteiger partial charge is 0.756 e. The first kappa shape index (κ1) is 23.0. The maximum absolute atomic E-state index is 10.8. The maximum Gasteiger partial charge on any atom is 0.285 e. The molecule has 0 fully saturated rings. The zero-order valence-electron chi connectivity index (χ0n) is 17.5. The molecule has 11 nitrogen and oxygen atoms in total. The van der Waals surface area contributed by atoms with Gasteiger partial charge in [0.2, 0.25) is 5.88 Å². The molecule has 1 unspecified atom stereocenters. The highest BCUT2D eigenvalue weighted by Gasteiger charge is 2.18. The molecule has 0 bridgehead atoms. The van der Waals surface area contributed by atoms with Crippen molar-refractivity contribution in [2.75, 3.05) is 5.73 Å². The van der Waals surface area contributed by atoms with Crippen LogP contribution in [0.2, 0.25) is 0 Å². The van der Waals surface area contributed by atoms with Crippen molar-refractivity contribution in [3.8, 4) is 17.2 Å². The van der Waals surface area contributed by atoms with Gasteiger partial charge in [0, 0.05) is 30.1 Å². The molecule has 4 aromatic rings. The monoisotopic (exact) mass is 489 g/mol. The Balaban J connectivity index is 1.40. The fourth-order valence-electron chi connectivity index (χ4n) is 2.97. The third-order valence-corrected chi connectivity index (χ3v) is 5.78. The fourth-order valence-corrected chi connectivity index (χ4v) is 3.84. The van der Waals surface area contributed by atoms with Crippen LogP contribution in [0, 0.1) is 6.92 Å². The molecule has 0 aliphatic rings. The zero-order valence-corrected chi connectivity index (χ0v) is 19.2. The van der Waals surface area contributed by atoms with Gasteiger partial charge < -0.3 is 19.0 Å². The van der Waals surface area contributed by atoms with E-state index in [-0.39, 0.29) is 5.82 Å². The van der Waals surface area contributed by atoms with Crippen molar-refractivity contribution in [2.45, 2.75) is 26.7 Å². The normalized spacial score (nSPS) is 13.1. The van der Waals surface area contributed by atoms with Crippen molar-refractivity contribution in [3.05, 3.63) is 70.1 Å². The lowest BCUT2D eigenvalue weighted by atomic mass is 10.1. The van der Waals surface area contributed by atoms with Gasteiger partial charge in [-0.05, 0) is 24.6 Å². The van der Waals surface area contributed by atoms with E-state index in [1.54, 1.807) is 41.8 Å². The molecular formula is C20H20N5O6PS. The Morgan fingerprint density at radius 3 is 2.88 bits per heavy atom. The third kappa shape index (κ3) is 6.21. The minimum absolute atomic E-state index is 0.187. The van der Waals surface area contributed by atoms with Crippen LogP contribution in [0.1, 0.15) is 22.0 Å². The summed E-state index contributed by atoms with van der Waals surface area (Å²) in [5, 5.41) is 7.01. The van der Waals surface area contributed by atoms with E-state index in [1.807, 2.05) is 18.4 Å². The van der Waals surface area contributed by atoms with E-state index in [2.05, 4.69) is 19.6 Å². The number of phosphoric ester groups is 1. The molecule has 4 aromatic heterocycles. The number of aromatic nitrogens is 4. The fraction of sp³-hybridized carbons (Fsp3) is 0.200. The number of phosphoric acid groups is 1. The molecular weight excluding hydrogens is 469 g/mol. The average molecular weight is 489 g/mol. The summed E-state index contributed by atoms with van der Waals surface area (Å²) in [4.78, 5) is 28.3. The smallest absolute Gasteiger partial charge is 0.285 e.